The van der Waals surface area contributed by atoms with Gasteiger partial charge in [0.15, 0.2) is 6.10 Å². The molecule has 0 bridgehead atoms. The van der Waals surface area contributed by atoms with Crippen molar-refractivity contribution in [3.05, 3.63) is 60.3 Å². The molecular weight excluding hydrogens is 338 g/mol. The number of carbonyl (C=O) groups is 1. The van der Waals surface area contributed by atoms with Gasteiger partial charge in [0.1, 0.15) is 0 Å². The molecule has 0 aliphatic rings. The highest BCUT2D eigenvalue weighted by atomic mass is 16.6. The Morgan fingerprint density at radius 3 is 2.30 bits per heavy atom. The number of esters is 1. The molecule has 0 spiro atoms. The summed E-state index contributed by atoms with van der Waals surface area (Å²) in [5, 5.41) is 1.09. The Morgan fingerprint density at radius 1 is 1.04 bits per heavy atom. The second-order valence-corrected chi connectivity index (χ2v) is 7.56. The Balaban J connectivity index is 2.30. The summed E-state index contributed by atoms with van der Waals surface area (Å²) in [6.07, 6.45) is -0.808. The van der Waals surface area contributed by atoms with E-state index in [1.807, 2.05) is 69.6 Å². The minimum absolute atomic E-state index is 0.313. The quantitative estimate of drug-likeness (QED) is 0.579. The summed E-state index contributed by atoms with van der Waals surface area (Å²) < 4.78 is 13.6. The number of ether oxygens (including phenoxy) is 2. The lowest BCUT2D eigenvalue weighted by molar-refractivity contribution is -0.167. The third-order valence-corrected chi connectivity index (χ3v) is 4.44. The van der Waals surface area contributed by atoms with Gasteiger partial charge >= 0.3 is 5.97 Å². The van der Waals surface area contributed by atoms with Crippen LogP contribution in [0, 0.1) is 0 Å². The number of nitrogens with zero attached hydrogens (tertiary/aromatic N) is 1. The van der Waals surface area contributed by atoms with E-state index in [0.717, 1.165) is 27.7 Å². The lowest BCUT2D eigenvalue weighted by Gasteiger charge is -2.27. The van der Waals surface area contributed by atoms with Crippen LogP contribution in [0.3, 0.4) is 0 Å². The zero-order valence-electron chi connectivity index (χ0n) is 16.7. The van der Waals surface area contributed by atoms with Crippen LogP contribution in [0.5, 0.6) is 0 Å². The summed E-state index contributed by atoms with van der Waals surface area (Å²) in [4.78, 5) is 12.9. The summed E-state index contributed by atoms with van der Waals surface area (Å²) in [5.74, 6) is -0.365. The number of aromatic nitrogens is 1. The van der Waals surface area contributed by atoms with Crippen LogP contribution in [-0.2, 0) is 21.3 Å². The fraction of sp³-hybridized carbons (Fsp3) is 0.348. The zero-order valence-corrected chi connectivity index (χ0v) is 16.7. The summed E-state index contributed by atoms with van der Waals surface area (Å²) in [6, 6.07) is 18.3. The zero-order chi connectivity index (χ0) is 19.6. The highest BCUT2D eigenvalue weighted by molar-refractivity contribution is 6.00. The minimum atomic E-state index is -0.808. The predicted octanol–water partition coefficient (Wildman–Crippen LogP) is 5.26. The van der Waals surface area contributed by atoms with Gasteiger partial charge in [0.2, 0.25) is 0 Å². The molecule has 27 heavy (non-hydrogen) atoms. The Hall–Kier alpha value is -2.59. The number of rotatable bonds is 5. The van der Waals surface area contributed by atoms with Gasteiger partial charge in [0.25, 0.3) is 0 Å². The summed E-state index contributed by atoms with van der Waals surface area (Å²) >= 11 is 0. The highest BCUT2D eigenvalue weighted by Crippen LogP contribution is 2.40. The second kappa shape index (κ2) is 7.57. The van der Waals surface area contributed by atoms with E-state index in [1.54, 1.807) is 0 Å². The molecule has 1 heterocycles. The molecule has 0 saturated heterocycles. The number of para-hydroxylation sites is 1. The van der Waals surface area contributed by atoms with Crippen LogP contribution in [-0.4, -0.2) is 22.7 Å². The molecule has 142 valence electrons. The molecule has 1 atom stereocenters. The maximum Gasteiger partial charge on any atom is 0.341 e. The molecule has 4 heteroatoms. The van der Waals surface area contributed by atoms with Crippen LogP contribution in [0.2, 0.25) is 0 Å². The van der Waals surface area contributed by atoms with Crippen LogP contribution in [0.25, 0.3) is 22.0 Å². The maximum absolute atomic E-state index is 12.9. The lowest BCUT2D eigenvalue weighted by atomic mass is 9.99. The van der Waals surface area contributed by atoms with Crippen LogP contribution in [0.1, 0.15) is 39.5 Å². The molecule has 0 radical (unpaired) electrons. The van der Waals surface area contributed by atoms with Gasteiger partial charge in [-0.05, 0) is 39.3 Å². The fourth-order valence-electron chi connectivity index (χ4n) is 3.42. The van der Waals surface area contributed by atoms with E-state index in [-0.39, 0.29) is 5.97 Å². The topological polar surface area (TPSA) is 40.5 Å². The van der Waals surface area contributed by atoms with Gasteiger partial charge in [0.05, 0.1) is 17.9 Å². The minimum Gasteiger partial charge on any atom is -0.464 e. The van der Waals surface area contributed by atoms with Crippen LogP contribution < -0.4 is 0 Å². The van der Waals surface area contributed by atoms with Crippen molar-refractivity contribution in [2.24, 2.45) is 7.05 Å². The Bertz CT molecular complexity index is 935. The number of carbonyl (C=O) groups excluding carboxylic acids is 1. The monoisotopic (exact) mass is 365 g/mol. The van der Waals surface area contributed by atoms with Gasteiger partial charge in [0, 0.05) is 23.5 Å². The molecule has 2 aromatic carbocycles. The van der Waals surface area contributed by atoms with Crippen molar-refractivity contribution >= 4 is 16.9 Å². The number of fused-ring (bicyclic) bond motifs is 1. The van der Waals surface area contributed by atoms with Crippen LogP contribution >= 0.6 is 0 Å². The third kappa shape index (κ3) is 3.91. The Morgan fingerprint density at radius 2 is 1.67 bits per heavy atom. The molecule has 1 aromatic heterocycles. The molecule has 0 saturated carbocycles. The second-order valence-electron chi connectivity index (χ2n) is 7.56. The molecule has 0 amide bonds. The van der Waals surface area contributed by atoms with Crippen LogP contribution in [0.4, 0.5) is 0 Å². The molecule has 3 aromatic rings. The standard InChI is InChI=1S/C23H27NO3/c1-6-26-22(25)21(27-23(2,3)4)20-19(16-12-8-7-9-13-16)17-14-10-11-15-18(17)24(20)5/h7-15,21H,6H2,1-5H3. The third-order valence-electron chi connectivity index (χ3n) is 4.44. The van der Waals surface area contributed by atoms with Crippen molar-refractivity contribution in [3.63, 3.8) is 0 Å². The highest BCUT2D eigenvalue weighted by Gasteiger charge is 2.34. The summed E-state index contributed by atoms with van der Waals surface area (Å²) in [7, 11) is 1.97. The lowest BCUT2D eigenvalue weighted by Crippen LogP contribution is -2.30. The number of hydrogen-bond acceptors (Lipinski definition) is 3. The predicted molar refractivity (Wildman–Crippen MR) is 109 cm³/mol. The number of hydrogen-bond donors (Lipinski definition) is 0. The van der Waals surface area contributed by atoms with Gasteiger partial charge in [-0.2, -0.15) is 0 Å². The first-order valence-corrected chi connectivity index (χ1v) is 9.30. The fourth-order valence-corrected chi connectivity index (χ4v) is 3.42. The van der Waals surface area contributed by atoms with Crippen LogP contribution in [0.15, 0.2) is 54.6 Å². The maximum atomic E-state index is 12.9. The summed E-state index contributed by atoms with van der Waals surface area (Å²) in [6.45, 7) is 7.97. The van der Waals surface area contributed by atoms with Crippen molar-refractivity contribution in [1.82, 2.24) is 4.57 Å². The molecule has 0 aliphatic carbocycles. The first-order chi connectivity index (χ1) is 12.8. The van der Waals surface area contributed by atoms with Gasteiger partial charge in [-0.15, -0.1) is 0 Å². The van der Waals surface area contributed by atoms with Gasteiger partial charge in [-0.25, -0.2) is 4.79 Å². The van der Waals surface area contributed by atoms with Crippen molar-refractivity contribution in [2.75, 3.05) is 6.61 Å². The molecule has 4 nitrogen and oxygen atoms in total. The molecule has 3 rings (SSSR count). The Labute approximate surface area is 160 Å². The van der Waals surface area contributed by atoms with Crippen molar-refractivity contribution in [3.8, 4) is 11.1 Å². The van der Waals surface area contributed by atoms with E-state index in [9.17, 15) is 4.79 Å². The van der Waals surface area contributed by atoms with E-state index in [4.69, 9.17) is 9.47 Å². The van der Waals surface area contributed by atoms with Crippen molar-refractivity contribution < 1.29 is 14.3 Å². The molecule has 1 unspecified atom stereocenters. The largest absolute Gasteiger partial charge is 0.464 e. The molecule has 0 N–H and O–H groups in total. The Kier molecular flexibility index (Phi) is 5.38. The van der Waals surface area contributed by atoms with E-state index in [2.05, 4.69) is 24.3 Å². The first kappa shape index (κ1) is 19.2. The molecule has 0 fully saturated rings. The first-order valence-electron chi connectivity index (χ1n) is 9.30. The van der Waals surface area contributed by atoms with E-state index >= 15 is 0 Å². The smallest absolute Gasteiger partial charge is 0.341 e. The van der Waals surface area contributed by atoms with Gasteiger partial charge < -0.3 is 14.0 Å². The van der Waals surface area contributed by atoms with Crippen molar-refractivity contribution in [2.45, 2.75) is 39.4 Å². The average Bonchev–Trinajstić information content (AvgIpc) is 2.93. The molecule has 0 aliphatic heterocycles. The average molecular weight is 365 g/mol. The normalized spacial score (nSPS) is 12.9. The van der Waals surface area contributed by atoms with Gasteiger partial charge in [-0.1, -0.05) is 48.5 Å². The van der Waals surface area contributed by atoms with E-state index in [1.165, 1.54) is 0 Å². The number of benzene rings is 2. The van der Waals surface area contributed by atoms with E-state index < -0.39 is 11.7 Å². The SMILES string of the molecule is CCOC(=O)C(OC(C)(C)C)c1c(-c2ccccc2)c2ccccc2n1C. The summed E-state index contributed by atoms with van der Waals surface area (Å²) in [5.41, 5.74) is 3.43. The number of aryl methyl sites for hydroxylation is 1. The van der Waals surface area contributed by atoms with E-state index in [0.29, 0.717) is 6.61 Å². The van der Waals surface area contributed by atoms with Crippen molar-refractivity contribution in [1.29, 1.82) is 0 Å². The molecular formula is C23H27NO3. The van der Waals surface area contributed by atoms with Gasteiger partial charge in [-0.3, -0.25) is 0 Å².